The predicted molar refractivity (Wildman–Crippen MR) is 136 cm³/mol. The van der Waals surface area contributed by atoms with E-state index in [1.165, 1.54) is 17.5 Å². The van der Waals surface area contributed by atoms with Gasteiger partial charge >= 0.3 is 0 Å². The molecule has 190 valence electrons. The smallest absolute Gasteiger partial charge is 0.251 e. The van der Waals surface area contributed by atoms with E-state index in [1.807, 2.05) is 18.2 Å². The number of amides is 1. The first-order chi connectivity index (χ1) is 18.1. The fourth-order valence-corrected chi connectivity index (χ4v) is 4.40. The Balaban J connectivity index is 1.08. The largest absolute Gasteiger partial charge is 0.486 e. The molecular weight excluding hydrogens is 470 g/mol. The van der Waals surface area contributed by atoms with Crippen molar-refractivity contribution in [3.05, 3.63) is 107 Å². The van der Waals surface area contributed by atoms with Gasteiger partial charge in [0.2, 0.25) is 0 Å². The van der Waals surface area contributed by atoms with Crippen molar-refractivity contribution in [2.24, 2.45) is 0 Å². The number of aromatic nitrogens is 3. The molecule has 0 bridgehead atoms. The zero-order valence-corrected chi connectivity index (χ0v) is 20.4. The van der Waals surface area contributed by atoms with E-state index in [0.29, 0.717) is 30.9 Å². The van der Waals surface area contributed by atoms with Gasteiger partial charge < -0.3 is 19.6 Å². The van der Waals surface area contributed by atoms with Crippen LogP contribution in [0.15, 0.2) is 78.1 Å². The number of carbonyl (C=O) groups excluding carboxylic acids is 1. The number of aliphatic hydroxyl groups is 1. The number of ether oxygens (including phenoxy) is 1. The van der Waals surface area contributed by atoms with E-state index in [4.69, 9.17) is 9.15 Å². The number of fused-ring (bicyclic) bond motifs is 1. The van der Waals surface area contributed by atoms with Crippen molar-refractivity contribution in [2.75, 3.05) is 19.6 Å². The van der Waals surface area contributed by atoms with Crippen molar-refractivity contribution < 1.29 is 19.1 Å². The van der Waals surface area contributed by atoms with Gasteiger partial charge in [-0.2, -0.15) is 0 Å². The lowest BCUT2D eigenvalue weighted by atomic mass is 9.99. The van der Waals surface area contributed by atoms with Crippen molar-refractivity contribution in [3.63, 3.8) is 0 Å². The fourth-order valence-electron chi connectivity index (χ4n) is 4.40. The summed E-state index contributed by atoms with van der Waals surface area (Å²) in [6.45, 7) is 2.56. The molecule has 9 nitrogen and oxygen atoms in total. The summed E-state index contributed by atoms with van der Waals surface area (Å²) in [5.74, 6) is 1.25. The summed E-state index contributed by atoms with van der Waals surface area (Å²) in [5, 5.41) is 13.4. The standard InChI is InChI=1S/C28H29N5O4/c34-25(14-32-28(35)22-5-8-31-24(11-22)10-20-2-1-7-29-13-20)17-33-9-6-21-12-26(4-3-23(21)16-33)36-18-27-15-30-19-37-27/h1-5,7-8,11-13,15,19,25,34H,6,9-10,14,16-18H2,(H,32,35)/t25-/m0/s1. The van der Waals surface area contributed by atoms with Crippen LogP contribution >= 0.6 is 0 Å². The van der Waals surface area contributed by atoms with E-state index in [2.05, 4.69) is 37.3 Å². The molecule has 4 heterocycles. The number of aliphatic hydroxyl groups excluding tert-OH is 1. The topological polar surface area (TPSA) is 114 Å². The van der Waals surface area contributed by atoms with Crippen molar-refractivity contribution in [3.8, 4) is 5.75 Å². The Bertz CT molecular complexity index is 1310. The number of benzene rings is 1. The second kappa shape index (κ2) is 11.8. The minimum atomic E-state index is -0.674. The molecule has 5 rings (SSSR count). The van der Waals surface area contributed by atoms with E-state index in [0.717, 1.165) is 36.5 Å². The number of nitrogens with one attached hydrogen (secondary N) is 1. The van der Waals surface area contributed by atoms with Gasteiger partial charge in [-0.3, -0.25) is 19.7 Å². The van der Waals surface area contributed by atoms with E-state index in [9.17, 15) is 9.90 Å². The van der Waals surface area contributed by atoms with Gasteiger partial charge in [0.15, 0.2) is 12.2 Å². The van der Waals surface area contributed by atoms with Gasteiger partial charge in [0, 0.05) is 62.4 Å². The number of oxazole rings is 1. The summed E-state index contributed by atoms with van der Waals surface area (Å²) in [7, 11) is 0. The first-order valence-corrected chi connectivity index (χ1v) is 12.3. The van der Waals surface area contributed by atoms with Crippen LogP contribution in [0.1, 0.15) is 38.5 Å². The maximum atomic E-state index is 12.7. The van der Waals surface area contributed by atoms with E-state index >= 15 is 0 Å². The third-order valence-corrected chi connectivity index (χ3v) is 6.29. The molecule has 4 aromatic rings. The zero-order chi connectivity index (χ0) is 25.5. The van der Waals surface area contributed by atoms with Gasteiger partial charge in [-0.15, -0.1) is 0 Å². The number of pyridine rings is 2. The highest BCUT2D eigenvalue weighted by molar-refractivity contribution is 5.94. The van der Waals surface area contributed by atoms with Gasteiger partial charge in [0.05, 0.1) is 12.3 Å². The highest BCUT2D eigenvalue weighted by atomic mass is 16.5. The zero-order valence-electron chi connectivity index (χ0n) is 20.4. The Labute approximate surface area is 215 Å². The van der Waals surface area contributed by atoms with Crippen molar-refractivity contribution >= 4 is 5.91 Å². The molecule has 3 aromatic heterocycles. The monoisotopic (exact) mass is 499 g/mol. The lowest BCUT2D eigenvalue weighted by Crippen LogP contribution is -2.42. The number of hydrogen-bond acceptors (Lipinski definition) is 8. The minimum Gasteiger partial charge on any atom is -0.486 e. The van der Waals surface area contributed by atoms with Crippen molar-refractivity contribution in [1.29, 1.82) is 0 Å². The summed E-state index contributed by atoms with van der Waals surface area (Å²) >= 11 is 0. The molecule has 9 heteroatoms. The Morgan fingerprint density at radius 1 is 1.14 bits per heavy atom. The first kappa shape index (κ1) is 24.6. The van der Waals surface area contributed by atoms with Crippen LogP contribution in [0.5, 0.6) is 5.75 Å². The van der Waals surface area contributed by atoms with Crippen LogP contribution in [0, 0.1) is 0 Å². The molecular formula is C28H29N5O4. The molecule has 0 saturated heterocycles. The van der Waals surface area contributed by atoms with Gasteiger partial charge in [0.1, 0.15) is 12.4 Å². The number of nitrogens with zero attached hydrogens (tertiary/aromatic N) is 4. The fraction of sp³-hybridized carbons (Fsp3) is 0.286. The lowest BCUT2D eigenvalue weighted by molar-refractivity contribution is 0.0841. The molecule has 37 heavy (non-hydrogen) atoms. The third kappa shape index (κ3) is 6.78. The Hall–Kier alpha value is -4.08. The molecule has 0 spiro atoms. The number of hydrogen-bond donors (Lipinski definition) is 2. The van der Waals surface area contributed by atoms with E-state index in [-0.39, 0.29) is 12.5 Å². The average Bonchev–Trinajstić information content (AvgIpc) is 3.45. The molecule has 1 atom stereocenters. The molecule has 0 unspecified atom stereocenters. The number of β-amino-alcohol motifs (C(OH)–C–C–N with tert-alkyl or cyclic N) is 1. The number of carbonyl (C=O) groups is 1. The van der Waals surface area contributed by atoms with Crippen LogP contribution in [-0.4, -0.2) is 56.6 Å². The van der Waals surface area contributed by atoms with Crippen LogP contribution < -0.4 is 10.1 Å². The van der Waals surface area contributed by atoms with Gasteiger partial charge in [-0.25, -0.2) is 4.98 Å². The lowest BCUT2D eigenvalue weighted by Gasteiger charge is -2.30. The molecule has 1 amide bonds. The second-order valence-electron chi connectivity index (χ2n) is 9.11. The second-order valence-corrected chi connectivity index (χ2v) is 9.11. The van der Waals surface area contributed by atoms with Crippen LogP contribution in [-0.2, 0) is 26.0 Å². The summed E-state index contributed by atoms with van der Waals surface area (Å²) in [6.07, 6.45) is 8.97. The van der Waals surface area contributed by atoms with Gasteiger partial charge in [-0.05, 0) is 53.4 Å². The summed E-state index contributed by atoms with van der Waals surface area (Å²) in [6, 6.07) is 13.4. The van der Waals surface area contributed by atoms with E-state index < -0.39 is 6.10 Å². The molecule has 1 aliphatic heterocycles. The first-order valence-electron chi connectivity index (χ1n) is 12.3. The van der Waals surface area contributed by atoms with Crippen LogP contribution in [0.3, 0.4) is 0 Å². The highest BCUT2D eigenvalue weighted by Gasteiger charge is 2.20. The average molecular weight is 500 g/mol. The Morgan fingerprint density at radius 2 is 2.08 bits per heavy atom. The molecule has 2 N–H and O–H groups in total. The minimum absolute atomic E-state index is 0.177. The maximum Gasteiger partial charge on any atom is 0.251 e. The molecule has 0 saturated carbocycles. The van der Waals surface area contributed by atoms with Crippen molar-refractivity contribution in [1.82, 2.24) is 25.2 Å². The van der Waals surface area contributed by atoms with Crippen LogP contribution in [0.4, 0.5) is 0 Å². The maximum absolute atomic E-state index is 12.7. The summed E-state index contributed by atoms with van der Waals surface area (Å²) in [5.41, 5.74) is 4.80. The molecule has 0 radical (unpaired) electrons. The highest BCUT2D eigenvalue weighted by Crippen LogP contribution is 2.24. The Morgan fingerprint density at radius 3 is 2.92 bits per heavy atom. The van der Waals surface area contributed by atoms with Crippen molar-refractivity contribution in [2.45, 2.75) is 32.1 Å². The van der Waals surface area contributed by atoms with Gasteiger partial charge in [-0.1, -0.05) is 12.1 Å². The summed E-state index contributed by atoms with van der Waals surface area (Å²) < 4.78 is 11.0. The SMILES string of the molecule is O=C(NC[C@H](O)CN1CCc2cc(OCc3cnco3)ccc2C1)c1ccnc(Cc2cccnc2)c1. The normalized spacial score (nSPS) is 14.1. The van der Waals surface area contributed by atoms with Crippen LogP contribution in [0.25, 0.3) is 0 Å². The summed E-state index contributed by atoms with van der Waals surface area (Å²) in [4.78, 5) is 27.2. The molecule has 1 aromatic carbocycles. The molecule has 1 aliphatic rings. The molecule has 0 fully saturated rings. The third-order valence-electron chi connectivity index (χ3n) is 6.29. The number of rotatable bonds is 10. The van der Waals surface area contributed by atoms with Gasteiger partial charge in [0.25, 0.3) is 5.91 Å². The van der Waals surface area contributed by atoms with Crippen LogP contribution in [0.2, 0.25) is 0 Å². The quantitative estimate of drug-likeness (QED) is 0.343. The predicted octanol–water partition coefficient (Wildman–Crippen LogP) is 2.78. The van der Waals surface area contributed by atoms with E-state index in [1.54, 1.807) is 36.9 Å². The Kier molecular flexibility index (Phi) is 7.83. The molecule has 0 aliphatic carbocycles.